The first-order valence-corrected chi connectivity index (χ1v) is 5.20. The van der Waals surface area contributed by atoms with Gasteiger partial charge >= 0.3 is 0 Å². The zero-order chi connectivity index (χ0) is 9.31. The summed E-state index contributed by atoms with van der Waals surface area (Å²) in [5.74, 6) is 0.811. The maximum absolute atomic E-state index is 9.47. The van der Waals surface area contributed by atoms with E-state index in [0.717, 1.165) is 45.1 Å². The van der Waals surface area contributed by atoms with E-state index in [0.29, 0.717) is 6.61 Å². The minimum Gasteiger partial charge on any atom is -0.394 e. The normalized spacial score (nSPS) is 30.0. The van der Waals surface area contributed by atoms with Gasteiger partial charge in [0.25, 0.3) is 0 Å². The van der Waals surface area contributed by atoms with Crippen LogP contribution in [0.3, 0.4) is 0 Å². The van der Waals surface area contributed by atoms with Crippen LogP contribution in [-0.2, 0) is 4.74 Å². The van der Waals surface area contributed by atoms with E-state index in [-0.39, 0.29) is 5.54 Å². The smallest absolute Gasteiger partial charge is 0.0617 e. The molecule has 13 heavy (non-hydrogen) atoms. The highest BCUT2D eigenvalue weighted by molar-refractivity contribution is 4.97. The maximum Gasteiger partial charge on any atom is 0.0617 e. The van der Waals surface area contributed by atoms with Gasteiger partial charge in [-0.05, 0) is 18.8 Å². The molecule has 1 N–H and O–H groups in total. The van der Waals surface area contributed by atoms with Crippen LogP contribution < -0.4 is 0 Å². The summed E-state index contributed by atoms with van der Waals surface area (Å²) in [6.07, 6.45) is 1.99. The predicted molar refractivity (Wildman–Crippen MR) is 50.6 cm³/mol. The van der Waals surface area contributed by atoms with Gasteiger partial charge in [-0.3, -0.25) is 4.90 Å². The van der Waals surface area contributed by atoms with Crippen LogP contribution in [-0.4, -0.2) is 48.5 Å². The third-order valence-corrected chi connectivity index (χ3v) is 3.45. The van der Waals surface area contributed by atoms with Crippen molar-refractivity contribution in [1.29, 1.82) is 0 Å². The molecular weight excluding hydrogens is 166 g/mol. The number of ether oxygens (including phenoxy) is 1. The highest BCUT2D eigenvalue weighted by Gasteiger charge is 2.42. The molecule has 0 aromatic rings. The van der Waals surface area contributed by atoms with Crippen molar-refractivity contribution in [2.45, 2.75) is 25.3 Å². The van der Waals surface area contributed by atoms with E-state index < -0.39 is 0 Å². The second kappa shape index (κ2) is 3.56. The van der Waals surface area contributed by atoms with Gasteiger partial charge in [0.05, 0.1) is 6.61 Å². The molecule has 0 radical (unpaired) electrons. The molecule has 0 amide bonds. The summed E-state index contributed by atoms with van der Waals surface area (Å²) in [6, 6.07) is 0. The van der Waals surface area contributed by atoms with E-state index in [1.54, 1.807) is 0 Å². The van der Waals surface area contributed by atoms with Gasteiger partial charge < -0.3 is 9.84 Å². The number of aliphatic hydroxyl groups excluding tert-OH is 1. The van der Waals surface area contributed by atoms with Crippen LogP contribution in [0.4, 0.5) is 0 Å². The van der Waals surface area contributed by atoms with E-state index in [2.05, 4.69) is 11.8 Å². The molecule has 2 saturated heterocycles. The van der Waals surface area contributed by atoms with Gasteiger partial charge in [-0.15, -0.1) is 0 Å². The molecule has 2 aliphatic rings. The highest BCUT2D eigenvalue weighted by atomic mass is 16.5. The average molecular weight is 185 g/mol. The molecule has 0 aromatic heterocycles. The zero-order valence-corrected chi connectivity index (χ0v) is 8.33. The third-order valence-electron chi connectivity index (χ3n) is 3.45. The molecule has 76 valence electrons. The number of likely N-dealkylation sites (tertiary alicyclic amines) is 1. The zero-order valence-electron chi connectivity index (χ0n) is 8.33. The van der Waals surface area contributed by atoms with Crippen molar-refractivity contribution in [2.24, 2.45) is 5.92 Å². The molecular formula is C10H19NO2. The van der Waals surface area contributed by atoms with Gasteiger partial charge in [-0.1, -0.05) is 6.92 Å². The highest BCUT2D eigenvalue weighted by Crippen LogP contribution is 2.33. The summed E-state index contributed by atoms with van der Waals surface area (Å²) in [4.78, 5) is 2.43. The van der Waals surface area contributed by atoms with Gasteiger partial charge in [-0.25, -0.2) is 0 Å². The van der Waals surface area contributed by atoms with Crippen molar-refractivity contribution >= 4 is 0 Å². The average Bonchev–Trinajstić information content (AvgIpc) is 2.14. The minimum absolute atomic E-state index is 0.0603. The molecule has 2 aliphatic heterocycles. The summed E-state index contributed by atoms with van der Waals surface area (Å²) in [6.45, 7) is 6.49. The Morgan fingerprint density at radius 2 is 2.00 bits per heavy atom. The van der Waals surface area contributed by atoms with Crippen LogP contribution in [0.5, 0.6) is 0 Å². The Morgan fingerprint density at radius 3 is 2.46 bits per heavy atom. The monoisotopic (exact) mass is 185 g/mol. The predicted octanol–water partition coefficient (Wildman–Crippen LogP) is 0.480. The lowest BCUT2D eigenvalue weighted by Crippen LogP contribution is -2.62. The van der Waals surface area contributed by atoms with E-state index in [9.17, 15) is 5.11 Å². The number of hydrogen-bond donors (Lipinski definition) is 1. The lowest BCUT2D eigenvalue weighted by molar-refractivity contribution is -0.0975. The van der Waals surface area contributed by atoms with Crippen molar-refractivity contribution in [1.82, 2.24) is 4.90 Å². The molecule has 0 unspecified atom stereocenters. The molecule has 2 rings (SSSR count). The molecule has 3 nitrogen and oxygen atoms in total. The lowest BCUT2D eigenvalue weighted by atomic mass is 9.84. The Morgan fingerprint density at radius 1 is 1.38 bits per heavy atom. The summed E-state index contributed by atoms with van der Waals surface area (Å²) < 4.78 is 5.33. The second-order valence-electron chi connectivity index (χ2n) is 4.50. The van der Waals surface area contributed by atoms with Gasteiger partial charge in [0.1, 0.15) is 0 Å². The van der Waals surface area contributed by atoms with Crippen molar-refractivity contribution in [3.05, 3.63) is 0 Å². The quantitative estimate of drug-likeness (QED) is 0.679. The fourth-order valence-corrected chi connectivity index (χ4v) is 2.41. The first-order chi connectivity index (χ1) is 6.27. The molecule has 0 saturated carbocycles. The van der Waals surface area contributed by atoms with E-state index in [1.165, 1.54) is 0 Å². The summed E-state index contributed by atoms with van der Waals surface area (Å²) in [7, 11) is 0. The van der Waals surface area contributed by atoms with Gasteiger partial charge in [-0.2, -0.15) is 0 Å². The minimum atomic E-state index is 0.0603. The molecule has 0 spiro atoms. The molecule has 0 atom stereocenters. The van der Waals surface area contributed by atoms with Crippen LogP contribution in [0, 0.1) is 5.92 Å². The second-order valence-corrected chi connectivity index (χ2v) is 4.50. The summed E-state index contributed by atoms with van der Waals surface area (Å²) >= 11 is 0. The Labute approximate surface area is 79.7 Å². The van der Waals surface area contributed by atoms with Crippen molar-refractivity contribution < 1.29 is 9.84 Å². The molecule has 2 heterocycles. The molecule has 3 heteroatoms. The van der Waals surface area contributed by atoms with Gasteiger partial charge in [0.15, 0.2) is 0 Å². The Kier molecular flexibility index (Phi) is 2.58. The Bertz CT molecular complexity index is 172. The van der Waals surface area contributed by atoms with Crippen LogP contribution in [0.1, 0.15) is 19.8 Å². The topological polar surface area (TPSA) is 32.7 Å². The van der Waals surface area contributed by atoms with Gasteiger partial charge in [0, 0.05) is 31.8 Å². The molecule has 0 bridgehead atoms. The van der Waals surface area contributed by atoms with Crippen LogP contribution >= 0.6 is 0 Å². The van der Waals surface area contributed by atoms with Crippen LogP contribution in [0.2, 0.25) is 0 Å². The first kappa shape index (κ1) is 9.44. The maximum atomic E-state index is 9.47. The molecule has 0 aromatic carbocycles. The number of aliphatic hydroxyl groups is 1. The number of nitrogens with zero attached hydrogens (tertiary/aromatic N) is 1. The van der Waals surface area contributed by atoms with Crippen LogP contribution in [0.25, 0.3) is 0 Å². The van der Waals surface area contributed by atoms with Crippen molar-refractivity contribution in [3.63, 3.8) is 0 Å². The van der Waals surface area contributed by atoms with Crippen molar-refractivity contribution in [2.75, 3.05) is 32.9 Å². The summed E-state index contributed by atoms with van der Waals surface area (Å²) in [5.41, 5.74) is 0.0603. The third kappa shape index (κ3) is 1.60. The molecule has 2 fully saturated rings. The summed E-state index contributed by atoms with van der Waals surface area (Å²) in [5, 5.41) is 9.47. The van der Waals surface area contributed by atoms with E-state index in [4.69, 9.17) is 4.74 Å². The van der Waals surface area contributed by atoms with E-state index >= 15 is 0 Å². The number of rotatable bonds is 2. The first-order valence-electron chi connectivity index (χ1n) is 5.20. The largest absolute Gasteiger partial charge is 0.394 e. The fraction of sp³-hybridized carbons (Fsp3) is 1.00. The molecule has 0 aliphatic carbocycles. The van der Waals surface area contributed by atoms with Crippen LogP contribution in [0.15, 0.2) is 0 Å². The van der Waals surface area contributed by atoms with Gasteiger partial charge in [0.2, 0.25) is 0 Å². The van der Waals surface area contributed by atoms with Crippen molar-refractivity contribution in [3.8, 4) is 0 Å². The Hall–Kier alpha value is -0.120. The van der Waals surface area contributed by atoms with E-state index in [1.807, 2.05) is 0 Å². The standard InChI is InChI=1S/C10H19NO2/c1-9-6-11(7-9)10(8-12)2-4-13-5-3-10/h9,12H,2-8H2,1H3. The Balaban J connectivity index is 1.97. The number of hydrogen-bond acceptors (Lipinski definition) is 3. The SMILES string of the molecule is CC1CN(C2(CO)CCOCC2)C1. The lowest BCUT2D eigenvalue weighted by Gasteiger charge is -2.52. The fourth-order valence-electron chi connectivity index (χ4n) is 2.41.